The quantitative estimate of drug-likeness (QED) is 0.836. The highest BCUT2D eigenvalue weighted by Crippen LogP contribution is 2.26. The van der Waals surface area contributed by atoms with Crippen LogP contribution in [0.4, 0.5) is 0 Å². The van der Waals surface area contributed by atoms with Crippen LogP contribution in [0.5, 0.6) is 0 Å². The van der Waals surface area contributed by atoms with E-state index >= 15 is 0 Å². The zero-order valence-electron chi connectivity index (χ0n) is 12.4. The van der Waals surface area contributed by atoms with Crippen molar-refractivity contribution in [2.45, 2.75) is 46.7 Å². The lowest BCUT2D eigenvalue weighted by molar-refractivity contribution is 0.0645. The molecule has 2 unspecified atom stereocenters. The second-order valence-electron chi connectivity index (χ2n) is 6.42. The van der Waals surface area contributed by atoms with Gasteiger partial charge >= 0.3 is 0 Å². The van der Waals surface area contributed by atoms with Gasteiger partial charge in [-0.15, -0.1) is 0 Å². The average Bonchev–Trinajstić information content (AvgIpc) is 2.25. The Morgan fingerprint density at radius 1 is 1.33 bits per heavy atom. The second-order valence-corrected chi connectivity index (χ2v) is 8.90. The Kier molecular flexibility index (Phi) is 5.21. The summed E-state index contributed by atoms with van der Waals surface area (Å²) in [6.07, 6.45) is 0. The van der Waals surface area contributed by atoms with Crippen molar-refractivity contribution in [2.24, 2.45) is 5.41 Å². The van der Waals surface area contributed by atoms with E-state index in [1.54, 1.807) is 6.92 Å². The molecule has 1 aliphatic heterocycles. The van der Waals surface area contributed by atoms with E-state index in [0.717, 1.165) is 13.1 Å². The van der Waals surface area contributed by atoms with Gasteiger partial charge in [0.1, 0.15) is 0 Å². The Bertz CT molecular complexity index is 360. The first-order valence-electron chi connectivity index (χ1n) is 6.83. The maximum atomic E-state index is 11.6. The van der Waals surface area contributed by atoms with Crippen LogP contribution >= 0.6 is 0 Å². The molecule has 108 valence electrons. The fourth-order valence-electron chi connectivity index (χ4n) is 2.49. The summed E-state index contributed by atoms with van der Waals surface area (Å²) >= 11 is 0. The van der Waals surface area contributed by atoms with Crippen molar-refractivity contribution >= 4 is 9.84 Å². The third-order valence-electron chi connectivity index (χ3n) is 3.74. The molecule has 4 nitrogen and oxygen atoms in total. The van der Waals surface area contributed by atoms with Crippen molar-refractivity contribution in [2.75, 3.05) is 31.1 Å². The molecule has 5 heteroatoms. The lowest BCUT2D eigenvalue weighted by Gasteiger charge is -2.45. The van der Waals surface area contributed by atoms with Crippen LogP contribution in [-0.4, -0.2) is 56.5 Å². The molecule has 0 aromatic rings. The molecule has 0 amide bonds. The van der Waals surface area contributed by atoms with Gasteiger partial charge in [0.05, 0.1) is 5.75 Å². The molecule has 1 N–H and O–H groups in total. The molecule has 0 aliphatic carbocycles. The molecular weight excluding hydrogens is 248 g/mol. The van der Waals surface area contributed by atoms with E-state index in [1.165, 1.54) is 0 Å². The highest BCUT2D eigenvalue weighted by Gasteiger charge is 2.34. The maximum Gasteiger partial charge on any atom is 0.151 e. The zero-order valence-corrected chi connectivity index (χ0v) is 13.2. The first-order chi connectivity index (χ1) is 8.15. The van der Waals surface area contributed by atoms with Gasteiger partial charge in [0.2, 0.25) is 0 Å². The van der Waals surface area contributed by atoms with Gasteiger partial charge in [0.25, 0.3) is 0 Å². The summed E-state index contributed by atoms with van der Waals surface area (Å²) in [7, 11) is -2.87. The third-order valence-corrected chi connectivity index (χ3v) is 5.42. The van der Waals surface area contributed by atoms with Crippen LogP contribution < -0.4 is 5.32 Å². The summed E-state index contributed by atoms with van der Waals surface area (Å²) < 4.78 is 23.3. The van der Waals surface area contributed by atoms with E-state index < -0.39 is 9.84 Å². The van der Waals surface area contributed by atoms with Crippen LogP contribution in [-0.2, 0) is 9.84 Å². The van der Waals surface area contributed by atoms with Gasteiger partial charge in [-0.05, 0) is 12.3 Å². The SMILES string of the molecule is CCS(=O)(=O)CCN1CC(C)NCC1C(C)(C)C. The predicted octanol–water partition coefficient (Wildman–Crippen LogP) is 1.13. The Morgan fingerprint density at radius 3 is 2.44 bits per heavy atom. The number of hydrogen-bond donors (Lipinski definition) is 1. The van der Waals surface area contributed by atoms with E-state index in [2.05, 4.69) is 37.9 Å². The topological polar surface area (TPSA) is 49.4 Å². The highest BCUT2D eigenvalue weighted by molar-refractivity contribution is 7.91. The molecule has 0 saturated carbocycles. The van der Waals surface area contributed by atoms with Gasteiger partial charge < -0.3 is 5.32 Å². The molecule has 0 radical (unpaired) electrons. The molecular formula is C13H28N2O2S. The van der Waals surface area contributed by atoms with Gasteiger partial charge in [-0.1, -0.05) is 27.7 Å². The third kappa shape index (κ3) is 4.52. The van der Waals surface area contributed by atoms with Crippen molar-refractivity contribution in [3.8, 4) is 0 Å². The molecule has 18 heavy (non-hydrogen) atoms. The van der Waals surface area contributed by atoms with E-state index in [4.69, 9.17) is 0 Å². The van der Waals surface area contributed by atoms with Gasteiger partial charge in [-0.25, -0.2) is 8.42 Å². The Morgan fingerprint density at radius 2 is 1.94 bits per heavy atom. The summed E-state index contributed by atoms with van der Waals surface area (Å²) in [5, 5.41) is 3.49. The van der Waals surface area contributed by atoms with Gasteiger partial charge in [0.15, 0.2) is 9.84 Å². The lowest BCUT2D eigenvalue weighted by Crippen LogP contribution is -2.60. The van der Waals surface area contributed by atoms with Crippen molar-refractivity contribution in [3.63, 3.8) is 0 Å². The standard InChI is InChI=1S/C13H28N2O2S/c1-6-18(16,17)8-7-15-10-11(2)14-9-12(15)13(3,4)5/h11-12,14H,6-10H2,1-5H3. The lowest BCUT2D eigenvalue weighted by atomic mass is 9.84. The molecule has 0 spiro atoms. The van der Waals surface area contributed by atoms with E-state index in [9.17, 15) is 8.42 Å². The van der Waals surface area contributed by atoms with Crippen LogP contribution in [0.3, 0.4) is 0 Å². The van der Waals surface area contributed by atoms with Crippen LogP contribution in [0.25, 0.3) is 0 Å². The van der Waals surface area contributed by atoms with Crippen LogP contribution in [0, 0.1) is 5.41 Å². The average molecular weight is 276 g/mol. The summed E-state index contributed by atoms with van der Waals surface area (Å²) in [6.45, 7) is 13.1. The molecule has 2 atom stereocenters. The Hall–Kier alpha value is -0.130. The minimum atomic E-state index is -2.87. The summed E-state index contributed by atoms with van der Waals surface area (Å²) in [5.41, 5.74) is 0.170. The van der Waals surface area contributed by atoms with E-state index in [-0.39, 0.29) is 16.9 Å². The largest absolute Gasteiger partial charge is 0.311 e. The normalized spacial score (nSPS) is 27.4. The van der Waals surface area contributed by atoms with Gasteiger partial charge in [-0.2, -0.15) is 0 Å². The van der Waals surface area contributed by atoms with Crippen molar-refractivity contribution in [1.29, 1.82) is 0 Å². The molecule has 1 fully saturated rings. The van der Waals surface area contributed by atoms with Crippen LogP contribution in [0.15, 0.2) is 0 Å². The number of rotatable bonds is 4. The van der Waals surface area contributed by atoms with E-state index in [0.29, 0.717) is 18.6 Å². The number of nitrogens with zero attached hydrogens (tertiary/aromatic N) is 1. The molecule has 1 aliphatic rings. The number of sulfone groups is 1. The highest BCUT2D eigenvalue weighted by atomic mass is 32.2. The maximum absolute atomic E-state index is 11.6. The Balaban J connectivity index is 2.69. The van der Waals surface area contributed by atoms with E-state index in [1.807, 2.05) is 0 Å². The second kappa shape index (κ2) is 5.88. The van der Waals surface area contributed by atoms with Crippen molar-refractivity contribution in [3.05, 3.63) is 0 Å². The molecule has 0 aromatic heterocycles. The number of hydrogen-bond acceptors (Lipinski definition) is 4. The molecule has 1 saturated heterocycles. The van der Waals surface area contributed by atoms with Crippen molar-refractivity contribution < 1.29 is 8.42 Å². The first-order valence-corrected chi connectivity index (χ1v) is 8.65. The zero-order chi connectivity index (χ0) is 14.0. The Labute approximate surface area is 112 Å². The van der Waals surface area contributed by atoms with Crippen molar-refractivity contribution in [1.82, 2.24) is 10.2 Å². The minimum absolute atomic E-state index is 0.170. The van der Waals surface area contributed by atoms with Crippen LogP contribution in [0.2, 0.25) is 0 Å². The number of nitrogens with one attached hydrogen (secondary N) is 1. The smallest absolute Gasteiger partial charge is 0.151 e. The molecule has 0 aromatic carbocycles. The van der Waals surface area contributed by atoms with Crippen LogP contribution in [0.1, 0.15) is 34.6 Å². The monoisotopic (exact) mass is 276 g/mol. The summed E-state index contributed by atoms with van der Waals surface area (Å²) in [4.78, 5) is 2.34. The summed E-state index contributed by atoms with van der Waals surface area (Å²) in [5.74, 6) is 0.525. The summed E-state index contributed by atoms with van der Waals surface area (Å²) in [6, 6.07) is 0.841. The first kappa shape index (κ1) is 15.9. The number of piperazine rings is 1. The van der Waals surface area contributed by atoms with Gasteiger partial charge in [0, 0.05) is 37.5 Å². The molecule has 1 rings (SSSR count). The molecule has 1 heterocycles. The van der Waals surface area contributed by atoms with Gasteiger partial charge in [-0.3, -0.25) is 4.90 Å². The predicted molar refractivity (Wildman–Crippen MR) is 76.6 cm³/mol. The minimum Gasteiger partial charge on any atom is -0.311 e. The fraction of sp³-hybridized carbons (Fsp3) is 1.00. The fourth-order valence-corrected chi connectivity index (χ4v) is 3.29. The molecule has 0 bridgehead atoms.